The Bertz CT molecular complexity index is 219. The molecule has 4 nitrogen and oxygen atoms in total. The van der Waals surface area contributed by atoms with Crippen molar-refractivity contribution in [1.29, 1.82) is 0 Å². The molecule has 15 heavy (non-hydrogen) atoms. The molecule has 1 rings (SSSR count). The molecule has 1 aliphatic rings. The van der Waals surface area contributed by atoms with Crippen LogP contribution in [0.2, 0.25) is 0 Å². The Morgan fingerprint density at radius 1 is 1.67 bits per heavy atom. The average Bonchev–Trinajstić information content (AvgIpc) is 2.97. The monoisotopic (exact) mass is 279 g/mol. The number of hydrogen-bond acceptors (Lipinski definition) is 4. The van der Waals surface area contributed by atoms with Gasteiger partial charge in [0.05, 0.1) is 7.11 Å². The predicted octanol–water partition coefficient (Wildman–Crippen LogP) is 0.675. The van der Waals surface area contributed by atoms with Gasteiger partial charge in [-0.15, -0.1) is 0 Å². The molecular weight excluding hydrogens is 262 g/mol. The van der Waals surface area contributed by atoms with Crippen LogP contribution in [0.15, 0.2) is 0 Å². The summed E-state index contributed by atoms with van der Waals surface area (Å²) in [6, 6.07) is 0. The molecule has 1 unspecified atom stereocenters. The van der Waals surface area contributed by atoms with Crippen LogP contribution in [0.3, 0.4) is 0 Å². The first-order chi connectivity index (χ1) is 7.13. The Balaban J connectivity index is 2.13. The van der Waals surface area contributed by atoms with E-state index in [1.807, 2.05) is 0 Å². The van der Waals surface area contributed by atoms with E-state index in [1.54, 1.807) is 0 Å². The quantitative estimate of drug-likeness (QED) is 0.532. The van der Waals surface area contributed by atoms with Crippen molar-refractivity contribution >= 4 is 21.9 Å². The molecule has 88 valence electrons. The van der Waals surface area contributed by atoms with E-state index in [1.165, 1.54) is 20.0 Å². The SMILES string of the molecule is COC(=O)C(Br)CNCC1(CCO)CC1. The summed E-state index contributed by atoms with van der Waals surface area (Å²) in [4.78, 5) is 10.8. The van der Waals surface area contributed by atoms with Crippen molar-refractivity contribution in [2.75, 3.05) is 26.8 Å². The third-order valence-electron chi connectivity index (χ3n) is 2.88. The standard InChI is InChI=1S/C10H18BrNO3/c1-15-9(14)8(11)6-12-7-10(2-3-10)4-5-13/h8,12-13H,2-7H2,1H3. The van der Waals surface area contributed by atoms with Crippen LogP contribution in [-0.2, 0) is 9.53 Å². The summed E-state index contributed by atoms with van der Waals surface area (Å²) < 4.78 is 4.59. The highest BCUT2D eigenvalue weighted by Crippen LogP contribution is 2.47. The molecule has 0 aromatic carbocycles. The number of methoxy groups -OCH3 is 1. The van der Waals surface area contributed by atoms with E-state index in [0.717, 1.165) is 13.0 Å². The van der Waals surface area contributed by atoms with Crippen molar-refractivity contribution in [2.24, 2.45) is 5.41 Å². The van der Waals surface area contributed by atoms with E-state index in [4.69, 9.17) is 5.11 Å². The van der Waals surface area contributed by atoms with Gasteiger partial charge in [0.25, 0.3) is 0 Å². The Kier molecular flexibility index (Phi) is 5.02. The maximum Gasteiger partial charge on any atom is 0.320 e. The Morgan fingerprint density at radius 2 is 2.33 bits per heavy atom. The first kappa shape index (κ1) is 12.9. The number of carbonyl (C=O) groups excluding carboxylic acids is 1. The molecule has 0 radical (unpaired) electrons. The molecule has 0 amide bonds. The minimum atomic E-state index is -0.285. The number of ether oxygens (including phenoxy) is 1. The van der Waals surface area contributed by atoms with E-state index in [0.29, 0.717) is 6.54 Å². The number of nitrogens with one attached hydrogen (secondary N) is 1. The van der Waals surface area contributed by atoms with Crippen LogP contribution in [0.1, 0.15) is 19.3 Å². The number of halogens is 1. The van der Waals surface area contributed by atoms with Gasteiger partial charge in [-0.1, -0.05) is 15.9 Å². The number of aliphatic hydroxyl groups excluding tert-OH is 1. The number of alkyl halides is 1. The summed E-state index contributed by atoms with van der Waals surface area (Å²) in [6.07, 6.45) is 3.20. The van der Waals surface area contributed by atoms with Gasteiger partial charge in [-0.25, -0.2) is 0 Å². The molecule has 2 N–H and O–H groups in total. The smallest absolute Gasteiger partial charge is 0.320 e. The molecule has 1 saturated carbocycles. The van der Waals surface area contributed by atoms with Crippen molar-refractivity contribution in [3.05, 3.63) is 0 Å². The minimum absolute atomic E-state index is 0.246. The number of carbonyl (C=O) groups is 1. The van der Waals surface area contributed by atoms with Crippen LogP contribution in [0, 0.1) is 5.41 Å². The van der Waals surface area contributed by atoms with Gasteiger partial charge in [-0.2, -0.15) is 0 Å². The molecule has 0 aromatic heterocycles. The van der Waals surface area contributed by atoms with Crippen LogP contribution in [0.5, 0.6) is 0 Å². The van der Waals surface area contributed by atoms with Gasteiger partial charge in [0.2, 0.25) is 0 Å². The molecule has 1 fully saturated rings. The predicted molar refractivity (Wildman–Crippen MR) is 61.0 cm³/mol. The molecule has 0 aliphatic heterocycles. The van der Waals surface area contributed by atoms with Crippen LogP contribution < -0.4 is 5.32 Å². The Labute approximate surface area is 98.5 Å². The molecule has 1 atom stereocenters. The number of rotatable bonds is 7. The van der Waals surface area contributed by atoms with Crippen LogP contribution in [0.25, 0.3) is 0 Å². The maximum atomic E-state index is 11.1. The third kappa shape index (κ3) is 4.09. The summed E-state index contributed by atoms with van der Waals surface area (Å²) in [5.74, 6) is -0.255. The lowest BCUT2D eigenvalue weighted by Gasteiger charge is -2.15. The zero-order valence-electron chi connectivity index (χ0n) is 8.96. The minimum Gasteiger partial charge on any atom is -0.468 e. The molecule has 0 heterocycles. The first-order valence-electron chi connectivity index (χ1n) is 5.17. The van der Waals surface area contributed by atoms with Gasteiger partial charge in [-0.05, 0) is 24.7 Å². The lowest BCUT2D eigenvalue weighted by molar-refractivity contribution is -0.139. The molecule has 0 bridgehead atoms. The molecule has 0 spiro atoms. The summed E-state index contributed by atoms with van der Waals surface area (Å²) in [7, 11) is 1.38. The fraction of sp³-hybridized carbons (Fsp3) is 0.900. The number of hydrogen-bond donors (Lipinski definition) is 2. The molecule has 1 aliphatic carbocycles. The van der Waals surface area contributed by atoms with Crippen LogP contribution >= 0.6 is 15.9 Å². The van der Waals surface area contributed by atoms with E-state index in [2.05, 4.69) is 26.0 Å². The second-order valence-corrected chi connectivity index (χ2v) is 5.20. The highest BCUT2D eigenvalue weighted by Gasteiger charge is 2.41. The number of aliphatic hydroxyl groups is 1. The third-order valence-corrected chi connectivity index (χ3v) is 3.58. The van der Waals surface area contributed by atoms with Gasteiger partial charge in [0.1, 0.15) is 4.83 Å². The zero-order chi connectivity index (χ0) is 11.3. The molecule has 0 saturated heterocycles. The van der Waals surface area contributed by atoms with E-state index in [9.17, 15) is 4.79 Å². The van der Waals surface area contributed by atoms with Gasteiger partial charge >= 0.3 is 5.97 Å². The lowest BCUT2D eigenvalue weighted by atomic mass is 10.0. The zero-order valence-corrected chi connectivity index (χ0v) is 10.5. The first-order valence-corrected chi connectivity index (χ1v) is 6.08. The van der Waals surface area contributed by atoms with Crippen LogP contribution in [0.4, 0.5) is 0 Å². The number of esters is 1. The topological polar surface area (TPSA) is 58.6 Å². The second-order valence-electron chi connectivity index (χ2n) is 4.10. The normalized spacial score (nSPS) is 19.7. The van der Waals surface area contributed by atoms with Gasteiger partial charge in [-0.3, -0.25) is 4.79 Å². The summed E-state index contributed by atoms with van der Waals surface area (Å²) in [5, 5.41) is 12.1. The van der Waals surface area contributed by atoms with Crippen molar-refractivity contribution in [1.82, 2.24) is 5.32 Å². The van der Waals surface area contributed by atoms with Gasteiger partial charge in [0.15, 0.2) is 0 Å². The molecule has 0 aromatic rings. The van der Waals surface area contributed by atoms with Crippen molar-refractivity contribution in [3.63, 3.8) is 0 Å². The highest BCUT2D eigenvalue weighted by atomic mass is 79.9. The van der Waals surface area contributed by atoms with E-state index >= 15 is 0 Å². The molecule has 5 heteroatoms. The Morgan fingerprint density at radius 3 is 2.80 bits per heavy atom. The summed E-state index contributed by atoms with van der Waals surface area (Å²) in [6.45, 7) is 1.68. The Hall–Kier alpha value is -0.130. The van der Waals surface area contributed by atoms with Gasteiger partial charge < -0.3 is 15.2 Å². The van der Waals surface area contributed by atoms with Crippen LogP contribution in [-0.4, -0.2) is 42.7 Å². The van der Waals surface area contributed by atoms with Crippen molar-refractivity contribution < 1.29 is 14.6 Å². The highest BCUT2D eigenvalue weighted by molar-refractivity contribution is 9.10. The fourth-order valence-corrected chi connectivity index (χ4v) is 2.02. The summed E-state index contributed by atoms with van der Waals surface area (Å²) >= 11 is 3.24. The average molecular weight is 280 g/mol. The van der Waals surface area contributed by atoms with Crippen molar-refractivity contribution in [2.45, 2.75) is 24.1 Å². The second kappa shape index (κ2) is 5.82. The van der Waals surface area contributed by atoms with E-state index < -0.39 is 0 Å². The largest absolute Gasteiger partial charge is 0.468 e. The maximum absolute atomic E-state index is 11.1. The van der Waals surface area contributed by atoms with Crippen molar-refractivity contribution in [3.8, 4) is 0 Å². The fourth-order valence-electron chi connectivity index (χ4n) is 1.60. The molecular formula is C10H18BrNO3. The lowest BCUT2D eigenvalue weighted by Crippen LogP contribution is -2.33. The van der Waals surface area contributed by atoms with E-state index in [-0.39, 0.29) is 22.8 Å². The summed E-state index contributed by atoms with van der Waals surface area (Å²) in [5.41, 5.74) is 0.289. The van der Waals surface area contributed by atoms with Gasteiger partial charge in [0, 0.05) is 19.7 Å².